The van der Waals surface area contributed by atoms with E-state index in [1.165, 1.54) is 44.9 Å². The van der Waals surface area contributed by atoms with Crippen molar-refractivity contribution in [2.45, 2.75) is 64.7 Å². The topological polar surface area (TPSA) is 37.8 Å². The molecule has 1 aromatic rings. The first-order valence-electron chi connectivity index (χ1n) is 8.41. The summed E-state index contributed by atoms with van der Waals surface area (Å²) >= 11 is 6.24. The molecule has 4 heteroatoms. The van der Waals surface area contributed by atoms with E-state index in [9.17, 15) is 0 Å². The Balaban J connectivity index is 1.55. The summed E-state index contributed by atoms with van der Waals surface area (Å²) in [5, 5.41) is 4.11. The molecule has 3 rings (SSSR count). The zero-order valence-electron chi connectivity index (χ0n) is 13.2. The van der Waals surface area contributed by atoms with Gasteiger partial charge in [0.2, 0.25) is 0 Å². The van der Waals surface area contributed by atoms with Crippen molar-refractivity contribution in [1.29, 1.82) is 0 Å². The van der Waals surface area contributed by atoms with E-state index in [1.807, 2.05) is 6.92 Å². The molecule has 0 atom stereocenters. The van der Waals surface area contributed by atoms with Crippen LogP contribution in [0.2, 0.25) is 5.15 Å². The summed E-state index contributed by atoms with van der Waals surface area (Å²) in [5.41, 5.74) is 0.985. The number of rotatable bonds is 5. The highest BCUT2D eigenvalue weighted by atomic mass is 35.5. The maximum absolute atomic E-state index is 6.24. The van der Waals surface area contributed by atoms with Gasteiger partial charge >= 0.3 is 0 Å². The van der Waals surface area contributed by atoms with E-state index in [4.69, 9.17) is 11.6 Å². The predicted octanol–water partition coefficient (Wildman–Crippen LogP) is 4.94. The van der Waals surface area contributed by atoms with Crippen LogP contribution in [0.1, 0.15) is 69.2 Å². The van der Waals surface area contributed by atoms with Gasteiger partial charge in [-0.15, -0.1) is 0 Å². The van der Waals surface area contributed by atoms with Gasteiger partial charge in [-0.25, -0.2) is 9.97 Å². The molecular weight excluding hydrogens is 282 g/mol. The molecule has 0 aliphatic heterocycles. The van der Waals surface area contributed by atoms with Crippen LogP contribution in [-0.4, -0.2) is 16.5 Å². The molecule has 1 heterocycles. The molecule has 0 radical (unpaired) electrons. The Kier molecular flexibility index (Phi) is 4.68. The van der Waals surface area contributed by atoms with Gasteiger partial charge in [-0.1, -0.05) is 44.2 Å². The third-order valence-electron chi connectivity index (χ3n) is 5.03. The van der Waals surface area contributed by atoms with Crippen molar-refractivity contribution < 1.29 is 0 Å². The monoisotopic (exact) mass is 307 g/mol. The number of aromatic nitrogens is 2. The van der Waals surface area contributed by atoms with Crippen molar-refractivity contribution in [1.82, 2.24) is 9.97 Å². The summed E-state index contributed by atoms with van der Waals surface area (Å²) in [6.07, 6.45) is 9.23. The van der Waals surface area contributed by atoms with Crippen molar-refractivity contribution in [3.05, 3.63) is 16.5 Å². The second kappa shape index (κ2) is 6.51. The fraction of sp³-hybridized carbons (Fsp3) is 0.765. The van der Waals surface area contributed by atoms with Gasteiger partial charge in [-0.05, 0) is 38.0 Å². The Bertz CT molecular complexity index is 491. The van der Waals surface area contributed by atoms with Crippen molar-refractivity contribution in [2.24, 2.45) is 11.8 Å². The van der Waals surface area contributed by atoms with Gasteiger partial charge in [0.1, 0.15) is 16.8 Å². The van der Waals surface area contributed by atoms with Crippen molar-refractivity contribution in [2.75, 3.05) is 11.9 Å². The number of anilines is 1. The average molecular weight is 308 g/mol. The van der Waals surface area contributed by atoms with Gasteiger partial charge in [0.25, 0.3) is 0 Å². The zero-order valence-corrected chi connectivity index (χ0v) is 13.9. The Hall–Kier alpha value is -0.830. The van der Waals surface area contributed by atoms with E-state index < -0.39 is 0 Å². The Morgan fingerprint density at radius 3 is 2.48 bits per heavy atom. The fourth-order valence-electron chi connectivity index (χ4n) is 3.21. The molecule has 116 valence electrons. The quantitative estimate of drug-likeness (QED) is 0.783. The molecule has 3 nitrogen and oxygen atoms in total. The van der Waals surface area contributed by atoms with Crippen molar-refractivity contribution in [3.63, 3.8) is 0 Å². The van der Waals surface area contributed by atoms with Crippen LogP contribution in [0.3, 0.4) is 0 Å². The Morgan fingerprint density at radius 1 is 1.10 bits per heavy atom. The van der Waals surface area contributed by atoms with E-state index in [2.05, 4.69) is 22.2 Å². The van der Waals surface area contributed by atoms with Crippen LogP contribution in [0.4, 0.5) is 5.82 Å². The third kappa shape index (κ3) is 3.88. The first-order valence-corrected chi connectivity index (χ1v) is 8.79. The number of nitrogens with one attached hydrogen (secondary N) is 1. The number of hydrogen-bond donors (Lipinski definition) is 1. The van der Waals surface area contributed by atoms with Gasteiger partial charge in [-0.3, -0.25) is 0 Å². The molecule has 0 saturated heterocycles. The Morgan fingerprint density at radius 2 is 1.81 bits per heavy atom. The molecule has 1 N–H and O–H groups in total. The normalized spacial score (nSPS) is 25.9. The summed E-state index contributed by atoms with van der Waals surface area (Å²) in [6.45, 7) is 5.38. The van der Waals surface area contributed by atoms with E-state index in [1.54, 1.807) is 0 Å². The van der Waals surface area contributed by atoms with Crippen LogP contribution in [0.25, 0.3) is 0 Å². The highest BCUT2D eigenvalue weighted by Crippen LogP contribution is 2.39. The van der Waals surface area contributed by atoms with Crippen LogP contribution >= 0.6 is 11.6 Å². The van der Waals surface area contributed by atoms with Gasteiger partial charge in [0.05, 0.1) is 0 Å². The molecule has 2 saturated carbocycles. The lowest BCUT2D eigenvalue weighted by molar-refractivity contribution is 0.282. The molecule has 0 aromatic carbocycles. The second-order valence-corrected chi connectivity index (χ2v) is 7.32. The molecule has 2 aliphatic rings. The van der Waals surface area contributed by atoms with Crippen LogP contribution in [0.5, 0.6) is 0 Å². The van der Waals surface area contributed by atoms with E-state index in [0.29, 0.717) is 11.1 Å². The average Bonchev–Trinajstić information content (AvgIpc) is 3.30. The fourth-order valence-corrected chi connectivity index (χ4v) is 3.39. The number of hydrogen-bond acceptors (Lipinski definition) is 3. The molecule has 2 fully saturated rings. The number of halogens is 1. The third-order valence-corrected chi connectivity index (χ3v) is 5.39. The smallest absolute Gasteiger partial charge is 0.137 e. The minimum absolute atomic E-state index is 0.545. The highest BCUT2D eigenvalue weighted by Gasteiger charge is 2.28. The molecule has 1 aromatic heterocycles. The zero-order chi connectivity index (χ0) is 14.8. The van der Waals surface area contributed by atoms with E-state index in [-0.39, 0.29) is 0 Å². The molecule has 0 amide bonds. The summed E-state index contributed by atoms with van der Waals surface area (Å²) in [5.74, 6) is 4.23. The largest absolute Gasteiger partial charge is 0.370 e. The number of nitrogens with zero attached hydrogens (tertiary/aromatic N) is 2. The Labute approximate surface area is 132 Å². The molecule has 2 aliphatic carbocycles. The predicted molar refractivity (Wildman–Crippen MR) is 88.0 cm³/mol. The summed E-state index contributed by atoms with van der Waals surface area (Å²) < 4.78 is 0. The van der Waals surface area contributed by atoms with Crippen molar-refractivity contribution >= 4 is 17.4 Å². The summed E-state index contributed by atoms with van der Waals surface area (Å²) in [4.78, 5) is 9.10. The lowest BCUT2D eigenvalue weighted by Crippen LogP contribution is -2.16. The van der Waals surface area contributed by atoms with Gasteiger partial charge in [0, 0.05) is 18.0 Å². The molecular formula is C17H26ClN3. The maximum Gasteiger partial charge on any atom is 0.137 e. The lowest BCUT2D eigenvalue weighted by Gasteiger charge is -2.26. The van der Waals surface area contributed by atoms with Crippen molar-refractivity contribution in [3.8, 4) is 0 Å². The molecule has 0 bridgehead atoms. The molecule has 0 spiro atoms. The van der Waals surface area contributed by atoms with Gasteiger partial charge in [-0.2, -0.15) is 0 Å². The van der Waals surface area contributed by atoms with Crippen LogP contribution < -0.4 is 5.32 Å². The van der Waals surface area contributed by atoms with Crippen LogP contribution in [0, 0.1) is 18.8 Å². The molecule has 0 unspecified atom stereocenters. The van der Waals surface area contributed by atoms with Crippen LogP contribution in [-0.2, 0) is 0 Å². The summed E-state index contributed by atoms with van der Waals surface area (Å²) in [7, 11) is 0. The van der Waals surface area contributed by atoms with Gasteiger partial charge in [0.15, 0.2) is 0 Å². The first-order chi connectivity index (χ1) is 10.1. The standard InChI is InChI=1S/C17H26ClN3/c1-11-3-5-13(6-4-11)9-10-19-16-12(2)15(18)20-17(21-16)14-7-8-14/h11,13-14H,3-10H2,1-2H3,(H,19,20,21). The molecule has 21 heavy (non-hydrogen) atoms. The minimum atomic E-state index is 0.545. The first kappa shape index (κ1) is 15.1. The van der Waals surface area contributed by atoms with Crippen LogP contribution in [0.15, 0.2) is 0 Å². The lowest BCUT2D eigenvalue weighted by atomic mass is 9.81. The van der Waals surface area contributed by atoms with E-state index in [0.717, 1.165) is 35.6 Å². The highest BCUT2D eigenvalue weighted by molar-refractivity contribution is 6.30. The maximum atomic E-state index is 6.24. The van der Waals surface area contributed by atoms with Gasteiger partial charge < -0.3 is 5.32 Å². The summed E-state index contributed by atoms with van der Waals surface area (Å²) in [6, 6.07) is 0. The van der Waals surface area contributed by atoms with E-state index >= 15 is 0 Å². The second-order valence-electron chi connectivity index (χ2n) is 6.96. The minimum Gasteiger partial charge on any atom is -0.370 e. The SMILES string of the molecule is Cc1c(Cl)nc(C2CC2)nc1NCCC1CCC(C)CC1.